The molecule has 1 aromatic carbocycles. The molecule has 136 valence electrons. The van der Waals surface area contributed by atoms with Crippen molar-refractivity contribution in [2.45, 2.75) is 46.6 Å². The fraction of sp³-hybridized carbons (Fsp3) is 0.429. The molecule has 1 unspecified atom stereocenters. The molecule has 0 radical (unpaired) electrons. The van der Waals surface area contributed by atoms with Gasteiger partial charge in [0.15, 0.2) is 0 Å². The summed E-state index contributed by atoms with van der Waals surface area (Å²) in [6.07, 6.45) is 4.89. The first-order chi connectivity index (χ1) is 12.5. The number of aromatic nitrogens is 2. The Labute approximate surface area is 157 Å². The summed E-state index contributed by atoms with van der Waals surface area (Å²) in [6.45, 7) is 7.37. The molecule has 0 N–H and O–H groups in total. The Morgan fingerprint density at radius 1 is 1.27 bits per heavy atom. The zero-order valence-corrected chi connectivity index (χ0v) is 16.4. The third-order valence-electron chi connectivity index (χ3n) is 5.08. The van der Waals surface area contributed by atoms with E-state index in [0.717, 1.165) is 35.2 Å². The lowest BCUT2D eigenvalue weighted by molar-refractivity contribution is 0.295. The molecule has 0 saturated carbocycles. The third-order valence-corrected chi connectivity index (χ3v) is 6.24. The van der Waals surface area contributed by atoms with Gasteiger partial charge in [-0.3, -0.25) is 9.36 Å². The van der Waals surface area contributed by atoms with Gasteiger partial charge in [-0.25, -0.2) is 4.98 Å². The quantitative estimate of drug-likeness (QED) is 0.690. The minimum Gasteiger partial charge on any atom is -0.492 e. The maximum Gasteiger partial charge on any atom is 0.262 e. The zero-order chi connectivity index (χ0) is 18.3. The van der Waals surface area contributed by atoms with Crippen LogP contribution >= 0.6 is 11.3 Å². The van der Waals surface area contributed by atoms with Crippen molar-refractivity contribution in [3.05, 3.63) is 56.4 Å². The summed E-state index contributed by atoms with van der Waals surface area (Å²) < 4.78 is 7.55. The van der Waals surface area contributed by atoms with Crippen LogP contribution in [0.2, 0.25) is 0 Å². The number of nitrogens with zero attached hydrogens (tertiary/aromatic N) is 2. The van der Waals surface area contributed by atoms with Crippen LogP contribution < -0.4 is 10.3 Å². The second-order valence-electron chi connectivity index (χ2n) is 7.45. The normalized spacial score (nSPS) is 16.7. The zero-order valence-electron chi connectivity index (χ0n) is 15.5. The van der Waals surface area contributed by atoms with Crippen LogP contribution in [-0.4, -0.2) is 16.2 Å². The van der Waals surface area contributed by atoms with Crippen LogP contribution in [-0.2, 0) is 19.4 Å². The molecule has 1 atom stereocenters. The highest BCUT2D eigenvalue weighted by Gasteiger charge is 2.23. The highest BCUT2D eigenvalue weighted by Crippen LogP contribution is 2.35. The smallest absolute Gasteiger partial charge is 0.262 e. The van der Waals surface area contributed by atoms with Gasteiger partial charge in [0.1, 0.15) is 17.2 Å². The average molecular weight is 369 g/mol. The van der Waals surface area contributed by atoms with E-state index in [4.69, 9.17) is 4.74 Å². The van der Waals surface area contributed by atoms with Crippen molar-refractivity contribution in [3.8, 4) is 5.75 Å². The number of benzene rings is 1. The fourth-order valence-electron chi connectivity index (χ4n) is 3.80. The number of fused-ring (bicyclic) bond motifs is 3. The van der Waals surface area contributed by atoms with Crippen LogP contribution in [0.15, 0.2) is 29.3 Å². The molecule has 0 amide bonds. The summed E-state index contributed by atoms with van der Waals surface area (Å²) in [7, 11) is 0. The first-order valence-corrected chi connectivity index (χ1v) is 10.0. The van der Waals surface area contributed by atoms with Gasteiger partial charge >= 0.3 is 0 Å². The van der Waals surface area contributed by atoms with Gasteiger partial charge in [0, 0.05) is 4.88 Å². The predicted molar refractivity (Wildman–Crippen MR) is 106 cm³/mol. The molecule has 26 heavy (non-hydrogen) atoms. The Hall–Kier alpha value is -2.14. The average Bonchev–Trinajstić information content (AvgIpc) is 2.94. The van der Waals surface area contributed by atoms with Crippen LogP contribution in [0.25, 0.3) is 10.2 Å². The lowest BCUT2D eigenvalue weighted by atomic mass is 9.89. The summed E-state index contributed by atoms with van der Waals surface area (Å²) in [6, 6.07) is 6.16. The Morgan fingerprint density at radius 2 is 2.04 bits per heavy atom. The molecule has 0 bridgehead atoms. The molecule has 0 aliphatic heterocycles. The van der Waals surface area contributed by atoms with E-state index in [1.165, 1.54) is 21.6 Å². The molecule has 2 heterocycles. The second-order valence-corrected chi connectivity index (χ2v) is 8.53. The van der Waals surface area contributed by atoms with Gasteiger partial charge in [0.2, 0.25) is 0 Å². The Bertz CT molecular complexity index is 999. The minimum absolute atomic E-state index is 0.0751. The summed E-state index contributed by atoms with van der Waals surface area (Å²) in [4.78, 5) is 19.8. The van der Waals surface area contributed by atoms with E-state index in [-0.39, 0.29) is 5.56 Å². The number of hydrogen-bond donors (Lipinski definition) is 0. The number of ether oxygens (including phenoxy) is 1. The van der Waals surface area contributed by atoms with Gasteiger partial charge in [-0.15, -0.1) is 11.3 Å². The monoisotopic (exact) mass is 368 g/mol. The highest BCUT2D eigenvalue weighted by atomic mass is 32.1. The summed E-state index contributed by atoms with van der Waals surface area (Å²) in [5, 5.41) is 0.839. The van der Waals surface area contributed by atoms with E-state index in [9.17, 15) is 4.79 Å². The summed E-state index contributed by atoms with van der Waals surface area (Å²) in [5.41, 5.74) is 3.68. The van der Waals surface area contributed by atoms with Crippen LogP contribution in [0.5, 0.6) is 5.75 Å². The van der Waals surface area contributed by atoms with Gasteiger partial charge < -0.3 is 4.74 Å². The lowest BCUT2D eigenvalue weighted by Gasteiger charge is -2.17. The maximum atomic E-state index is 13.0. The summed E-state index contributed by atoms with van der Waals surface area (Å²) >= 11 is 1.69. The molecular weight excluding hydrogens is 344 g/mol. The molecular formula is C21H24N2O2S. The molecule has 0 spiro atoms. The van der Waals surface area contributed by atoms with Gasteiger partial charge in [0.25, 0.3) is 5.56 Å². The molecule has 1 aliphatic carbocycles. The molecule has 2 aromatic heterocycles. The number of hydrogen-bond acceptors (Lipinski definition) is 4. The van der Waals surface area contributed by atoms with E-state index in [0.29, 0.717) is 19.1 Å². The van der Waals surface area contributed by atoms with E-state index in [1.807, 2.05) is 12.1 Å². The Morgan fingerprint density at radius 3 is 2.81 bits per heavy atom. The van der Waals surface area contributed by atoms with Gasteiger partial charge in [-0.05, 0) is 67.9 Å². The number of rotatable bonds is 4. The minimum atomic E-state index is 0.0751. The maximum absolute atomic E-state index is 13.0. The Kier molecular flexibility index (Phi) is 4.57. The van der Waals surface area contributed by atoms with E-state index in [1.54, 1.807) is 22.2 Å². The molecule has 4 rings (SSSR count). The van der Waals surface area contributed by atoms with Crippen molar-refractivity contribution in [1.29, 1.82) is 0 Å². The Balaban J connectivity index is 1.55. The molecule has 5 heteroatoms. The first kappa shape index (κ1) is 17.3. The SMILES string of the molecule is Cc1cc(C)cc(OCCn2cnc3sc4c(c3c2=O)CCC(C)C4)c1. The standard InChI is InChI=1S/C21H24N2O2S/c1-13-4-5-17-18(11-13)26-20-19(17)21(24)23(12-22-20)6-7-25-16-9-14(2)8-15(3)10-16/h8-10,12-13H,4-7,11H2,1-3H3. The third kappa shape index (κ3) is 3.28. The number of aryl methyl sites for hydroxylation is 3. The fourth-order valence-corrected chi connectivity index (χ4v) is 5.14. The lowest BCUT2D eigenvalue weighted by Crippen LogP contribution is -2.24. The predicted octanol–water partition coefficient (Wildman–Crippen LogP) is 4.28. The first-order valence-electron chi connectivity index (χ1n) is 9.22. The largest absolute Gasteiger partial charge is 0.492 e. The van der Waals surface area contributed by atoms with E-state index < -0.39 is 0 Å². The van der Waals surface area contributed by atoms with Gasteiger partial charge in [-0.1, -0.05) is 13.0 Å². The summed E-state index contributed by atoms with van der Waals surface area (Å²) in [5.74, 6) is 1.55. The molecule has 0 saturated heterocycles. The highest BCUT2D eigenvalue weighted by molar-refractivity contribution is 7.18. The van der Waals surface area contributed by atoms with Gasteiger partial charge in [0.05, 0.1) is 18.3 Å². The molecule has 0 fully saturated rings. The van der Waals surface area contributed by atoms with Gasteiger partial charge in [-0.2, -0.15) is 0 Å². The van der Waals surface area contributed by atoms with Crippen molar-refractivity contribution < 1.29 is 4.74 Å². The van der Waals surface area contributed by atoms with E-state index in [2.05, 4.69) is 31.8 Å². The van der Waals surface area contributed by atoms with Crippen LogP contribution in [0.3, 0.4) is 0 Å². The topological polar surface area (TPSA) is 44.1 Å². The van der Waals surface area contributed by atoms with Crippen molar-refractivity contribution in [3.63, 3.8) is 0 Å². The molecule has 1 aliphatic rings. The van der Waals surface area contributed by atoms with Crippen molar-refractivity contribution in [2.24, 2.45) is 5.92 Å². The van der Waals surface area contributed by atoms with E-state index >= 15 is 0 Å². The van der Waals surface area contributed by atoms with Crippen LogP contribution in [0, 0.1) is 19.8 Å². The number of thiophene rings is 1. The van der Waals surface area contributed by atoms with Crippen molar-refractivity contribution in [1.82, 2.24) is 9.55 Å². The molecule has 3 aromatic rings. The molecule has 4 nitrogen and oxygen atoms in total. The van der Waals surface area contributed by atoms with Crippen LogP contribution in [0.4, 0.5) is 0 Å². The van der Waals surface area contributed by atoms with Crippen molar-refractivity contribution >= 4 is 21.6 Å². The van der Waals surface area contributed by atoms with Crippen LogP contribution in [0.1, 0.15) is 34.9 Å². The van der Waals surface area contributed by atoms with Crippen molar-refractivity contribution in [2.75, 3.05) is 6.61 Å². The second kappa shape index (κ2) is 6.88.